The number of hydrogen-bond acceptors (Lipinski definition) is 8. The average molecular weight is 470 g/mol. The minimum Gasteiger partial charge on any atom is -0.360 e. The first-order valence-electron chi connectivity index (χ1n) is 9.42. The second kappa shape index (κ2) is 8.77. The molecular weight excluding hydrogens is 446 g/mol. The first kappa shape index (κ1) is 22.9. The van der Waals surface area contributed by atoms with Gasteiger partial charge in [-0.1, -0.05) is 11.2 Å². The van der Waals surface area contributed by atoms with Crippen molar-refractivity contribution < 1.29 is 26.2 Å². The third-order valence-electron chi connectivity index (χ3n) is 4.50. The molecule has 168 valence electrons. The van der Waals surface area contributed by atoms with Gasteiger partial charge in [-0.15, -0.1) is 0 Å². The molecule has 1 aliphatic rings. The summed E-state index contributed by atoms with van der Waals surface area (Å²) in [6, 6.07) is 4.49. The molecule has 1 atom stereocenters. The van der Waals surface area contributed by atoms with Crippen LogP contribution < -0.4 is 14.8 Å². The first-order chi connectivity index (χ1) is 14.5. The summed E-state index contributed by atoms with van der Waals surface area (Å²) in [4.78, 5) is 16.4. The van der Waals surface area contributed by atoms with E-state index >= 15 is 0 Å². The molecule has 1 aromatic heterocycles. The van der Waals surface area contributed by atoms with Gasteiger partial charge in [-0.3, -0.25) is 14.5 Å². The van der Waals surface area contributed by atoms with Crippen molar-refractivity contribution in [3.05, 3.63) is 35.7 Å². The van der Waals surface area contributed by atoms with Gasteiger partial charge in [-0.05, 0) is 45.4 Å². The molecule has 0 bridgehead atoms. The molecule has 0 aliphatic carbocycles. The van der Waals surface area contributed by atoms with E-state index < -0.39 is 32.0 Å². The second-order valence-corrected chi connectivity index (χ2v) is 10.4. The second-order valence-electron chi connectivity index (χ2n) is 7.05. The fraction of sp³-hybridized carbons (Fsp3) is 0.389. The summed E-state index contributed by atoms with van der Waals surface area (Å²) in [7, 11) is -7.90. The molecule has 31 heavy (non-hydrogen) atoms. The topological polar surface area (TPSA) is 160 Å². The third-order valence-corrected chi connectivity index (χ3v) is 7.66. The van der Waals surface area contributed by atoms with Crippen molar-refractivity contribution in [2.24, 2.45) is 4.99 Å². The van der Waals surface area contributed by atoms with Gasteiger partial charge in [-0.25, -0.2) is 16.8 Å². The van der Waals surface area contributed by atoms with Gasteiger partial charge >= 0.3 is 0 Å². The molecule has 0 saturated carbocycles. The van der Waals surface area contributed by atoms with Gasteiger partial charge in [0, 0.05) is 18.7 Å². The normalized spacial score (nSPS) is 15.4. The molecule has 3 rings (SSSR count). The van der Waals surface area contributed by atoms with Gasteiger partial charge in [0.25, 0.3) is 10.0 Å². The van der Waals surface area contributed by atoms with Crippen LogP contribution in [0.4, 0.5) is 5.69 Å². The number of carbonyl (C=O) groups is 1. The largest absolute Gasteiger partial charge is 0.360 e. The summed E-state index contributed by atoms with van der Waals surface area (Å²) in [5, 5.41) is 6.12. The van der Waals surface area contributed by atoms with Gasteiger partial charge in [0.05, 0.1) is 10.9 Å². The predicted octanol–water partition coefficient (Wildman–Crippen LogP) is 1.07. The fourth-order valence-corrected chi connectivity index (χ4v) is 5.70. The van der Waals surface area contributed by atoms with E-state index in [2.05, 4.69) is 24.9 Å². The quantitative estimate of drug-likeness (QED) is 0.546. The van der Waals surface area contributed by atoms with Crippen LogP contribution in [-0.4, -0.2) is 46.3 Å². The lowest BCUT2D eigenvalue weighted by Crippen LogP contribution is -2.41. The number of aromatic nitrogens is 1. The van der Waals surface area contributed by atoms with E-state index in [1.807, 2.05) is 0 Å². The third kappa shape index (κ3) is 5.29. The highest BCUT2D eigenvalue weighted by Gasteiger charge is 2.28. The monoisotopic (exact) mass is 469 g/mol. The van der Waals surface area contributed by atoms with E-state index in [0.29, 0.717) is 18.8 Å². The number of nitrogens with one attached hydrogen (secondary N) is 3. The fourth-order valence-electron chi connectivity index (χ4n) is 3.03. The Balaban J connectivity index is 1.71. The first-order valence-corrected chi connectivity index (χ1v) is 12.4. The van der Waals surface area contributed by atoms with Crippen LogP contribution in [0.3, 0.4) is 0 Å². The number of aliphatic imine (C=N–C) groups is 1. The molecule has 2 heterocycles. The van der Waals surface area contributed by atoms with E-state index in [1.165, 1.54) is 45.0 Å². The lowest BCUT2D eigenvalue weighted by molar-refractivity contribution is -0.117. The number of benzene rings is 1. The van der Waals surface area contributed by atoms with Crippen LogP contribution in [0.25, 0.3) is 0 Å². The average Bonchev–Trinajstić information content (AvgIpc) is 3.30. The van der Waals surface area contributed by atoms with Crippen molar-refractivity contribution in [2.75, 3.05) is 11.9 Å². The van der Waals surface area contributed by atoms with E-state index in [9.17, 15) is 21.6 Å². The zero-order chi connectivity index (χ0) is 22.8. The Kier molecular flexibility index (Phi) is 6.48. The van der Waals surface area contributed by atoms with Crippen LogP contribution in [0.1, 0.15) is 31.2 Å². The van der Waals surface area contributed by atoms with E-state index in [-0.39, 0.29) is 26.9 Å². The molecule has 1 aromatic carbocycles. The Morgan fingerprint density at radius 3 is 2.52 bits per heavy atom. The molecule has 11 nitrogen and oxygen atoms in total. The van der Waals surface area contributed by atoms with Crippen LogP contribution in [0, 0.1) is 13.8 Å². The zero-order valence-electron chi connectivity index (χ0n) is 17.2. The number of hydrogen-bond donors (Lipinski definition) is 3. The molecular formula is C18H23N5O6S2. The molecule has 2 aromatic rings. The smallest absolute Gasteiger partial charge is 0.262 e. The van der Waals surface area contributed by atoms with Crippen molar-refractivity contribution in [1.29, 1.82) is 0 Å². The summed E-state index contributed by atoms with van der Waals surface area (Å²) >= 11 is 0. The molecule has 1 aliphatic heterocycles. The van der Waals surface area contributed by atoms with Gasteiger partial charge in [0.15, 0.2) is 5.76 Å². The standard InChI is InChI=1S/C18H23N5O6S2/c1-11-17(13(3)29-21-11)31(27,28)22-12(2)18(24)20-14-6-4-7-15(10-14)30(25,26)23-16-8-5-9-19-16/h4,6-7,10,12,22H,5,8-9H2,1-3H3,(H,19,23)(H,20,24)/t12-/m1/s1. The minimum absolute atomic E-state index is 0.0520. The Morgan fingerprint density at radius 2 is 1.90 bits per heavy atom. The summed E-state index contributed by atoms with van der Waals surface area (Å²) in [6.07, 6.45) is 1.34. The zero-order valence-corrected chi connectivity index (χ0v) is 18.8. The number of amides is 1. The molecule has 0 fully saturated rings. The number of sulfonamides is 2. The summed E-state index contributed by atoms with van der Waals surface area (Å²) in [5.41, 5.74) is 0.375. The van der Waals surface area contributed by atoms with Crippen molar-refractivity contribution in [3.63, 3.8) is 0 Å². The van der Waals surface area contributed by atoms with Crippen LogP contribution in [0.15, 0.2) is 43.6 Å². The van der Waals surface area contributed by atoms with Crippen LogP contribution in [0.2, 0.25) is 0 Å². The van der Waals surface area contributed by atoms with Crippen molar-refractivity contribution in [3.8, 4) is 0 Å². The lowest BCUT2D eigenvalue weighted by Gasteiger charge is -2.15. The van der Waals surface area contributed by atoms with Crippen LogP contribution in [-0.2, 0) is 24.8 Å². The molecule has 3 N–H and O–H groups in total. The van der Waals surface area contributed by atoms with E-state index in [1.54, 1.807) is 0 Å². The molecule has 1 amide bonds. The lowest BCUT2D eigenvalue weighted by atomic mass is 10.3. The van der Waals surface area contributed by atoms with Gasteiger partial charge in [-0.2, -0.15) is 4.72 Å². The molecule has 0 saturated heterocycles. The number of carbonyl (C=O) groups excluding carboxylic acids is 1. The molecule has 13 heteroatoms. The Hall–Kier alpha value is -2.77. The number of nitrogens with zero attached hydrogens (tertiary/aromatic N) is 2. The summed E-state index contributed by atoms with van der Waals surface area (Å²) in [6.45, 7) is 4.88. The number of aryl methyl sites for hydroxylation is 2. The number of rotatable bonds is 7. The molecule has 0 spiro atoms. The Bertz CT molecular complexity index is 1210. The maximum atomic E-state index is 12.6. The van der Waals surface area contributed by atoms with E-state index in [0.717, 1.165) is 6.42 Å². The number of anilines is 1. The van der Waals surface area contributed by atoms with Crippen LogP contribution >= 0.6 is 0 Å². The highest BCUT2D eigenvalue weighted by Crippen LogP contribution is 2.20. The number of amidine groups is 1. The Morgan fingerprint density at radius 1 is 1.16 bits per heavy atom. The molecule has 0 unspecified atom stereocenters. The Labute approximate surface area is 180 Å². The maximum absolute atomic E-state index is 12.6. The summed E-state index contributed by atoms with van der Waals surface area (Å²) < 4.78 is 59.8. The highest BCUT2D eigenvalue weighted by molar-refractivity contribution is 7.90. The summed E-state index contributed by atoms with van der Waals surface area (Å²) in [5.74, 6) is -0.162. The van der Waals surface area contributed by atoms with Crippen molar-refractivity contribution in [1.82, 2.24) is 14.6 Å². The maximum Gasteiger partial charge on any atom is 0.262 e. The van der Waals surface area contributed by atoms with Crippen LogP contribution in [0.5, 0.6) is 0 Å². The van der Waals surface area contributed by atoms with Gasteiger partial charge in [0.2, 0.25) is 15.9 Å². The SMILES string of the molecule is Cc1noc(C)c1S(=O)(=O)N[C@H](C)C(=O)Nc1cccc(S(=O)(=O)NC2=NCCC2)c1. The van der Waals surface area contributed by atoms with Crippen molar-refractivity contribution >= 4 is 37.5 Å². The predicted molar refractivity (Wildman–Crippen MR) is 113 cm³/mol. The minimum atomic E-state index is -4.05. The van der Waals surface area contributed by atoms with E-state index in [4.69, 9.17) is 4.52 Å². The van der Waals surface area contributed by atoms with Gasteiger partial charge in [0.1, 0.15) is 16.4 Å². The highest BCUT2D eigenvalue weighted by atomic mass is 32.2. The molecule has 0 radical (unpaired) electrons. The van der Waals surface area contributed by atoms with Gasteiger partial charge < -0.3 is 9.84 Å². The van der Waals surface area contributed by atoms with Crippen molar-refractivity contribution in [2.45, 2.75) is 49.4 Å².